The number of thioether (sulfide) groups is 1. The molecule has 3 heteroatoms. The van der Waals surface area contributed by atoms with Crippen molar-refractivity contribution in [2.45, 2.75) is 6.04 Å². The standard InChI is InChI=1S/C3H8N2S/c4-5-3-1-6-2-3/h3,5H,1-2,4H2/p+1. The molecule has 0 saturated carbocycles. The minimum Gasteiger partial charge on any atom is -0.280 e. The van der Waals surface area contributed by atoms with Crippen molar-refractivity contribution < 1.29 is 5.84 Å². The molecule has 0 aromatic rings. The molecule has 0 aromatic carbocycles. The topological polar surface area (TPSA) is 39.7 Å². The van der Waals surface area contributed by atoms with Crippen molar-refractivity contribution in [1.29, 1.82) is 0 Å². The Hall–Kier alpha value is 0.270. The highest BCUT2D eigenvalue weighted by Crippen LogP contribution is 2.15. The third-order valence-electron chi connectivity index (χ3n) is 0.927. The summed E-state index contributed by atoms with van der Waals surface area (Å²) in [6.45, 7) is 0. The van der Waals surface area contributed by atoms with Gasteiger partial charge in [-0.2, -0.15) is 17.2 Å². The lowest BCUT2D eigenvalue weighted by molar-refractivity contribution is -0.450. The maximum absolute atomic E-state index is 3.54. The molecule has 1 aliphatic rings. The van der Waals surface area contributed by atoms with Crippen LogP contribution in [0.4, 0.5) is 0 Å². The highest BCUT2D eigenvalue weighted by molar-refractivity contribution is 8.00. The summed E-state index contributed by atoms with van der Waals surface area (Å²) in [4.78, 5) is 0. The SMILES string of the molecule is [NH3+]NC1CSC1. The van der Waals surface area contributed by atoms with Crippen LogP contribution in [0.25, 0.3) is 0 Å². The maximum atomic E-state index is 3.54. The highest BCUT2D eigenvalue weighted by Gasteiger charge is 2.16. The van der Waals surface area contributed by atoms with Gasteiger partial charge in [-0.3, -0.25) is 5.84 Å². The lowest BCUT2D eigenvalue weighted by Gasteiger charge is -2.20. The van der Waals surface area contributed by atoms with Gasteiger partial charge in [-0.25, -0.2) is 0 Å². The van der Waals surface area contributed by atoms with Crippen LogP contribution in [0.15, 0.2) is 0 Å². The van der Waals surface area contributed by atoms with Crippen LogP contribution in [-0.2, 0) is 0 Å². The van der Waals surface area contributed by atoms with E-state index in [1.54, 1.807) is 0 Å². The molecule has 0 aliphatic carbocycles. The summed E-state index contributed by atoms with van der Waals surface area (Å²) in [6, 6.07) is 0.718. The summed E-state index contributed by atoms with van der Waals surface area (Å²) in [5, 5.41) is 0. The average Bonchev–Trinajstić information content (AvgIpc) is 1.31. The monoisotopic (exact) mass is 105 g/mol. The number of nitrogens with one attached hydrogen (secondary N) is 1. The normalized spacial score (nSPS) is 23.5. The fourth-order valence-corrected chi connectivity index (χ4v) is 1.06. The van der Waals surface area contributed by atoms with Gasteiger partial charge in [-0.1, -0.05) is 0 Å². The molecule has 6 heavy (non-hydrogen) atoms. The molecule has 1 fully saturated rings. The van der Waals surface area contributed by atoms with Gasteiger partial charge < -0.3 is 0 Å². The summed E-state index contributed by atoms with van der Waals surface area (Å²) >= 11 is 1.97. The highest BCUT2D eigenvalue weighted by atomic mass is 32.2. The van der Waals surface area contributed by atoms with Crippen molar-refractivity contribution in [2.24, 2.45) is 0 Å². The third-order valence-corrected chi connectivity index (χ3v) is 2.20. The van der Waals surface area contributed by atoms with Crippen LogP contribution in [0.3, 0.4) is 0 Å². The maximum Gasteiger partial charge on any atom is 0.0734 e. The Balaban J connectivity index is 2.01. The fraction of sp³-hybridized carbons (Fsp3) is 1.00. The van der Waals surface area contributed by atoms with Gasteiger partial charge in [0.25, 0.3) is 0 Å². The lowest BCUT2D eigenvalue weighted by Crippen LogP contribution is -2.71. The van der Waals surface area contributed by atoms with Gasteiger partial charge in [0.2, 0.25) is 0 Å². The molecule has 1 aliphatic heterocycles. The average molecular weight is 105 g/mol. The molecule has 2 nitrogen and oxygen atoms in total. The van der Waals surface area contributed by atoms with Gasteiger partial charge in [0.15, 0.2) is 0 Å². The Labute approximate surface area is 41.4 Å². The van der Waals surface area contributed by atoms with Gasteiger partial charge in [0.05, 0.1) is 6.04 Å². The molecule has 0 unspecified atom stereocenters. The van der Waals surface area contributed by atoms with Gasteiger partial charge >= 0.3 is 0 Å². The second kappa shape index (κ2) is 1.82. The van der Waals surface area contributed by atoms with Crippen LogP contribution >= 0.6 is 11.8 Å². The van der Waals surface area contributed by atoms with Crippen molar-refractivity contribution in [3.63, 3.8) is 0 Å². The van der Waals surface area contributed by atoms with E-state index in [9.17, 15) is 0 Å². The minimum atomic E-state index is 0.718. The van der Waals surface area contributed by atoms with Gasteiger partial charge in [0.1, 0.15) is 0 Å². The fourth-order valence-electron chi connectivity index (χ4n) is 0.354. The molecule has 0 aromatic heterocycles. The zero-order valence-electron chi connectivity index (χ0n) is 3.61. The van der Waals surface area contributed by atoms with E-state index in [1.165, 1.54) is 11.5 Å². The molecule has 0 atom stereocenters. The van der Waals surface area contributed by atoms with Gasteiger partial charge in [-0.15, -0.1) is 0 Å². The summed E-state index contributed by atoms with van der Waals surface area (Å²) in [5.41, 5.74) is 2.93. The second-order valence-electron chi connectivity index (χ2n) is 1.44. The minimum absolute atomic E-state index is 0.718. The van der Waals surface area contributed by atoms with Crippen LogP contribution in [0.2, 0.25) is 0 Å². The Morgan fingerprint density at radius 1 is 1.67 bits per heavy atom. The molecule has 0 spiro atoms. The number of hydrogen-bond acceptors (Lipinski definition) is 2. The van der Waals surface area contributed by atoms with Crippen LogP contribution in [0, 0.1) is 0 Å². The van der Waals surface area contributed by atoms with E-state index in [-0.39, 0.29) is 0 Å². The molecular weight excluding hydrogens is 96.1 g/mol. The van der Waals surface area contributed by atoms with E-state index in [2.05, 4.69) is 11.3 Å². The summed E-state index contributed by atoms with van der Waals surface area (Å²) in [7, 11) is 0. The summed E-state index contributed by atoms with van der Waals surface area (Å²) in [5.74, 6) is 6.05. The van der Waals surface area contributed by atoms with E-state index >= 15 is 0 Å². The van der Waals surface area contributed by atoms with Crippen molar-refractivity contribution in [3.8, 4) is 0 Å². The quantitative estimate of drug-likeness (QED) is 0.413. The van der Waals surface area contributed by atoms with E-state index in [0.717, 1.165) is 6.04 Å². The predicted molar refractivity (Wildman–Crippen MR) is 27.1 cm³/mol. The molecular formula is C3H9N2S+. The van der Waals surface area contributed by atoms with Crippen molar-refractivity contribution in [1.82, 2.24) is 5.43 Å². The van der Waals surface area contributed by atoms with Crippen LogP contribution in [0.1, 0.15) is 0 Å². The first-order valence-electron chi connectivity index (χ1n) is 2.04. The predicted octanol–water partition coefficient (Wildman–Crippen LogP) is -1.15. The zero-order valence-corrected chi connectivity index (χ0v) is 4.42. The Bertz CT molecular complexity index is 41.3. The molecule has 1 heterocycles. The molecule has 0 amide bonds. The third kappa shape index (κ3) is 0.668. The molecule has 0 radical (unpaired) electrons. The van der Waals surface area contributed by atoms with Crippen molar-refractivity contribution in [3.05, 3.63) is 0 Å². The van der Waals surface area contributed by atoms with Crippen LogP contribution in [0.5, 0.6) is 0 Å². The molecule has 1 saturated heterocycles. The van der Waals surface area contributed by atoms with E-state index in [1.807, 2.05) is 11.8 Å². The Morgan fingerprint density at radius 3 is 2.33 bits per heavy atom. The first-order chi connectivity index (χ1) is 2.93. The molecule has 4 N–H and O–H groups in total. The summed E-state index contributed by atoms with van der Waals surface area (Å²) < 4.78 is 0. The van der Waals surface area contributed by atoms with E-state index in [4.69, 9.17) is 0 Å². The van der Waals surface area contributed by atoms with Gasteiger partial charge in [0, 0.05) is 11.5 Å². The van der Waals surface area contributed by atoms with E-state index < -0.39 is 0 Å². The van der Waals surface area contributed by atoms with Crippen molar-refractivity contribution in [2.75, 3.05) is 11.5 Å². The van der Waals surface area contributed by atoms with E-state index in [0.29, 0.717) is 0 Å². The first-order valence-corrected chi connectivity index (χ1v) is 3.19. The smallest absolute Gasteiger partial charge is 0.0734 e. The van der Waals surface area contributed by atoms with Crippen molar-refractivity contribution >= 4 is 11.8 Å². The number of hydrogen-bond donors (Lipinski definition) is 2. The first kappa shape index (κ1) is 4.43. The molecule has 0 bridgehead atoms. The summed E-state index contributed by atoms with van der Waals surface area (Å²) in [6.07, 6.45) is 0. The van der Waals surface area contributed by atoms with Crippen LogP contribution in [-0.4, -0.2) is 17.5 Å². The van der Waals surface area contributed by atoms with Crippen LogP contribution < -0.4 is 11.3 Å². The lowest BCUT2D eigenvalue weighted by atomic mass is 10.4. The Morgan fingerprint density at radius 2 is 2.33 bits per heavy atom. The second-order valence-corrected chi connectivity index (χ2v) is 2.51. The largest absolute Gasteiger partial charge is 0.280 e. The molecule has 1 rings (SSSR count). The zero-order chi connectivity index (χ0) is 4.41. The number of quaternary nitrogens is 1. The molecule has 36 valence electrons. The van der Waals surface area contributed by atoms with Gasteiger partial charge in [-0.05, 0) is 0 Å². The number of rotatable bonds is 1. The Kier molecular flexibility index (Phi) is 1.34.